The van der Waals surface area contributed by atoms with Crippen molar-refractivity contribution in [2.75, 3.05) is 18.4 Å². The number of benzene rings is 1. The van der Waals surface area contributed by atoms with Crippen LogP contribution in [-0.2, 0) is 0 Å². The molecule has 0 spiro atoms. The molecule has 2 aromatic heterocycles. The average molecular weight is 347 g/mol. The molecular formula is C20H21N5O. The van der Waals surface area contributed by atoms with Gasteiger partial charge in [0.1, 0.15) is 17.8 Å². The number of nitrogens with zero attached hydrogens (tertiary/aromatic N) is 4. The molecule has 132 valence electrons. The van der Waals surface area contributed by atoms with Crippen molar-refractivity contribution >= 4 is 28.3 Å². The molecule has 3 aromatic rings. The van der Waals surface area contributed by atoms with Gasteiger partial charge in [0.15, 0.2) is 0 Å². The van der Waals surface area contributed by atoms with Crippen LogP contribution in [0.4, 0.5) is 11.5 Å². The summed E-state index contributed by atoms with van der Waals surface area (Å²) in [5, 5.41) is 4.32. The van der Waals surface area contributed by atoms with Crippen LogP contribution in [0.5, 0.6) is 0 Å². The highest BCUT2D eigenvalue weighted by atomic mass is 16.2. The predicted molar refractivity (Wildman–Crippen MR) is 101 cm³/mol. The molecule has 1 aliphatic rings. The molecule has 1 aromatic carbocycles. The Morgan fingerprint density at radius 3 is 2.62 bits per heavy atom. The van der Waals surface area contributed by atoms with Crippen molar-refractivity contribution in [3.63, 3.8) is 0 Å². The first-order valence-corrected chi connectivity index (χ1v) is 9.03. The maximum atomic E-state index is 12.8. The van der Waals surface area contributed by atoms with E-state index in [1.54, 1.807) is 12.3 Å². The van der Waals surface area contributed by atoms with Crippen LogP contribution in [0.1, 0.15) is 36.2 Å². The van der Waals surface area contributed by atoms with Crippen molar-refractivity contribution in [3.8, 4) is 0 Å². The Kier molecular flexibility index (Phi) is 4.73. The number of anilines is 2. The van der Waals surface area contributed by atoms with Gasteiger partial charge in [0.2, 0.25) is 0 Å². The van der Waals surface area contributed by atoms with Crippen molar-refractivity contribution in [2.24, 2.45) is 0 Å². The Morgan fingerprint density at radius 2 is 1.77 bits per heavy atom. The van der Waals surface area contributed by atoms with Gasteiger partial charge >= 0.3 is 0 Å². The SMILES string of the molecule is O=C(c1cc(Nc2cccc3cccnc23)ncn1)N1CCCCCC1. The van der Waals surface area contributed by atoms with Crippen molar-refractivity contribution in [3.05, 3.63) is 54.6 Å². The number of rotatable bonds is 3. The number of nitrogens with one attached hydrogen (secondary N) is 1. The molecule has 6 heteroatoms. The molecule has 1 fully saturated rings. The summed E-state index contributed by atoms with van der Waals surface area (Å²) in [7, 11) is 0. The first-order valence-electron chi connectivity index (χ1n) is 9.03. The second-order valence-corrected chi connectivity index (χ2v) is 6.50. The summed E-state index contributed by atoms with van der Waals surface area (Å²) in [6, 6.07) is 11.6. The molecule has 3 heterocycles. The summed E-state index contributed by atoms with van der Waals surface area (Å²) < 4.78 is 0. The molecule has 6 nitrogen and oxygen atoms in total. The van der Waals surface area contributed by atoms with Crippen molar-refractivity contribution in [1.82, 2.24) is 19.9 Å². The molecule has 1 amide bonds. The zero-order valence-corrected chi connectivity index (χ0v) is 14.6. The molecule has 0 radical (unpaired) electrons. The summed E-state index contributed by atoms with van der Waals surface area (Å²) in [5.74, 6) is 0.574. The monoisotopic (exact) mass is 347 g/mol. The van der Waals surface area contributed by atoms with E-state index in [0.717, 1.165) is 42.5 Å². The molecule has 0 saturated carbocycles. The Labute approximate surface area is 152 Å². The predicted octanol–water partition coefficient (Wildman–Crippen LogP) is 3.78. The highest BCUT2D eigenvalue weighted by Crippen LogP contribution is 2.24. The first kappa shape index (κ1) is 16.4. The standard InChI is InChI=1S/C20H21N5O/c26-20(25-11-3-1-2-4-12-25)17-13-18(23-14-22-17)24-16-9-5-7-15-8-6-10-21-19(15)16/h5-10,13-14H,1-4,11-12H2,(H,22,23,24). The van der Waals surface area contributed by atoms with Gasteiger partial charge in [-0.1, -0.05) is 31.0 Å². The molecule has 4 rings (SSSR count). The normalized spacial score (nSPS) is 14.8. The number of carbonyl (C=O) groups is 1. The van der Waals surface area contributed by atoms with Gasteiger partial charge in [0.25, 0.3) is 5.91 Å². The molecule has 0 unspecified atom stereocenters. The van der Waals surface area contributed by atoms with Crippen LogP contribution in [0.3, 0.4) is 0 Å². The molecule has 1 saturated heterocycles. The molecule has 26 heavy (non-hydrogen) atoms. The van der Waals surface area contributed by atoms with E-state index in [9.17, 15) is 4.79 Å². The van der Waals surface area contributed by atoms with E-state index in [4.69, 9.17) is 0 Å². The van der Waals surface area contributed by atoms with Crippen LogP contribution >= 0.6 is 0 Å². The second-order valence-electron chi connectivity index (χ2n) is 6.50. The summed E-state index contributed by atoms with van der Waals surface area (Å²) in [4.78, 5) is 27.6. The van der Waals surface area contributed by atoms with Crippen LogP contribution in [-0.4, -0.2) is 38.8 Å². The lowest BCUT2D eigenvalue weighted by atomic mass is 10.2. The quantitative estimate of drug-likeness (QED) is 0.780. The third-order valence-electron chi connectivity index (χ3n) is 4.67. The largest absolute Gasteiger partial charge is 0.338 e. The summed E-state index contributed by atoms with van der Waals surface area (Å²) >= 11 is 0. The fraction of sp³-hybridized carbons (Fsp3) is 0.300. The van der Waals surface area contributed by atoms with Gasteiger partial charge in [-0.3, -0.25) is 9.78 Å². The topological polar surface area (TPSA) is 71.0 Å². The number of para-hydroxylation sites is 1. The Bertz CT molecular complexity index is 913. The minimum Gasteiger partial charge on any atom is -0.338 e. The number of amides is 1. The lowest BCUT2D eigenvalue weighted by Gasteiger charge is -2.19. The maximum absolute atomic E-state index is 12.8. The van der Waals surface area contributed by atoms with Crippen LogP contribution in [0.25, 0.3) is 10.9 Å². The molecule has 0 aliphatic carbocycles. The fourth-order valence-electron chi connectivity index (χ4n) is 3.32. The Balaban J connectivity index is 1.58. The minimum absolute atomic E-state index is 0.0200. The van der Waals surface area contributed by atoms with E-state index < -0.39 is 0 Å². The number of pyridine rings is 1. The zero-order valence-electron chi connectivity index (χ0n) is 14.6. The van der Waals surface area contributed by atoms with Crippen molar-refractivity contribution in [1.29, 1.82) is 0 Å². The van der Waals surface area contributed by atoms with E-state index in [1.807, 2.05) is 35.2 Å². The van der Waals surface area contributed by atoms with Gasteiger partial charge in [-0.05, 0) is 25.0 Å². The molecule has 0 bridgehead atoms. The van der Waals surface area contributed by atoms with Crippen LogP contribution in [0.2, 0.25) is 0 Å². The number of fused-ring (bicyclic) bond motifs is 1. The lowest BCUT2D eigenvalue weighted by molar-refractivity contribution is 0.0755. The van der Waals surface area contributed by atoms with Gasteiger partial charge in [-0.25, -0.2) is 9.97 Å². The third-order valence-corrected chi connectivity index (χ3v) is 4.67. The van der Waals surface area contributed by atoms with Gasteiger partial charge in [-0.15, -0.1) is 0 Å². The average Bonchev–Trinajstić information content (AvgIpc) is 2.97. The lowest BCUT2D eigenvalue weighted by Crippen LogP contribution is -2.32. The molecule has 0 atom stereocenters. The third kappa shape index (κ3) is 3.49. The highest BCUT2D eigenvalue weighted by molar-refractivity contribution is 5.94. The molecule has 1 aliphatic heterocycles. The molecular weight excluding hydrogens is 326 g/mol. The van der Waals surface area contributed by atoms with Gasteiger partial charge in [0.05, 0.1) is 11.2 Å². The van der Waals surface area contributed by atoms with Crippen LogP contribution in [0, 0.1) is 0 Å². The van der Waals surface area contributed by atoms with E-state index in [0.29, 0.717) is 11.5 Å². The Hall–Kier alpha value is -3.02. The fourth-order valence-corrected chi connectivity index (χ4v) is 3.32. The number of hydrogen-bond donors (Lipinski definition) is 1. The highest BCUT2D eigenvalue weighted by Gasteiger charge is 2.19. The smallest absolute Gasteiger partial charge is 0.272 e. The van der Waals surface area contributed by atoms with Crippen molar-refractivity contribution in [2.45, 2.75) is 25.7 Å². The first-order chi connectivity index (χ1) is 12.8. The van der Waals surface area contributed by atoms with Crippen LogP contribution in [0.15, 0.2) is 48.9 Å². The van der Waals surface area contributed by atoms with Gasteiger partial charge in [-0.2, -0.15) is 0 Å². The number of hydrogen-bond acceptors (Lipinski definition) is 5. The summed E-state index contributed by atoms with van der Waals surface area (Å²) in [6.45, 7) is 1.61. The number of carbonyl (C=O) groups excluding carboxylic acids is 1. The summed E-state index contributed by atoms with van der Waals surface area (Å²) in [6.07, 6.45) is 7.70. The van der Waals surface area contributed by atoms with Crippen molar-refractivity contribution < 1.29 is 4.79 Å². The number of aromatic nitrogens is 3. The second kappa shape index (κ2) is 7.47. The van der Waals surface area contributed by atoms with Gasteiger partial charge < -0.3 is 10.2 Å². The van der Waals surface area contributed by atoms with E-state index in [1.165, 1.54) is 19.2 Å². The Morgan fingerprint density at radius 1 is 0.962 bits per heavy atom. The maximum Gasteiger partial charge on any atom is 0.272 e. The molecule has 1 N–H and O–H groups in total. The van der Waals surface area contributed by atoms with E-state index >= 15 is 0 Å². The zero-order chi connectivity index (χ0) is 17.8. The van der Waals surface area contributed by atoms with Crippen LogP contribution < -0.4 is 5.32 Å². The minimum atomic E-state index is -0.0200. The van der Waals surface area contributed by atoms with E-state index in [-0.39, 0.29) is 5.91 Å². The van der Waals surface area contributed by atoms with E-state index in [2.05, 4.69) is 20.3 Å². The number of likely N-dealkylation sites (tertiary alicyclic amines) is 1. The summed E-state index contributed by atoms with van der Waals surface area (Å²) in [5.41, 5.74) is 2.15. The van der Waals surface area contributed by atoms with Gasteiger partial charge in [0, 0.05) is 30.7 Å².